The molecule has 3 unspecified atom stereocenters. The van der Waals surface area contributed by atoms with Crippen molar-refractivity contribution >= 4 is 11.6 Å². The van der Waals surface area contributed by atoms with E-state index in [-0.39, 0.29) is 0 Å². The van der Waals surface area contributed by atoms with Crippen LogP contribution in [-0.2, 0) is 0 Å². The molecule has 0 heterocycles. The van der Waals surface area contributed by atoms with E-state index in [0.717, 1.165) is 18.4 Å². The third-order valence-corrected chi connectivity index (χ3v) is 3.47. The Morgan fingerprint density at radius 3 is 2.85 bits per heavy atom. The Kier molecular flexibility index (Phi) is 4.82. The number of halogens is 1. The Bertz CT molecular complexity index is 167. The van der Waals surface area contributed by atoms with Crippen LogP contribution >= 0.6 is 11.6 Å². The first kappa shape index (κ1) is 11.1. The molecule has 0 radical (unpaired) electrons. The molecule has 0 saturated heterocycles. The second kappa shape index (κ2) is 5.66. The molecule has 1 saturated carbocycles. The predicted molar refractivity (Wildman–Crippen MR) is 59.0 cm³/mol. The summed E-state index contributed by atoms with van der Waals surface area (Å²) in [5.41, 5.74) is 1.59. The molecule has 1 rings (SSSR count). The van der Waals surface area contributed by atoms with Gasteiger partial charge in [0.05, 0.1) is 0 Å². The molecule has 3 atom stereocenters. The van der Waals surface area contributed by atoms with E-state index in [4.69, 9.17) is 11.6 Å². The number of rotatable bonds is 3. The number of nitrogens with one attached hydrogen (secondary N) is 1. The first-order valence-electron chi connectivity index (χ1n) is 5.24. The Morgan fingerprint density at radius 1 is 1.38 bits per heavy atom. The molecule has 1 N–H and O–H groups in total. The SMILES string of the molecule is CC1CCCC(NC/C=C/Cl)C1C. The molecule has 76 valence electrons. The van der Waals surface area contributed by atoms with E-state index < -0.39 is 0 Å². The lowest BCUT2D eigenvalue weighted by Gasteiger charge is -2.34. The van der Waals surface area contributed by atoms with E-state index in [0.29, 0.717) is 6.04 Å². The zero-order valence-electron chi connectivity index (χ0n) is 8.59. The highest BCUT2D eigenvalue weighted by Gasteiger charge is 2.25. The van der Waals surface area contributed by atoms with Crippen LogP contribution in [0.3, 0.4) is 0 Å². The first-order chi connectivity index (χ1) is 6.25. The highest BCUT2D eigenvalue weighted by molar-refractivity contribution is 6.25. The number of hydrogen-bond acceptors (Lipinski definition) is 1. The third kappa shape index (κ3) is 3.32. The summed E-state index contributed by atoms with van der Waals surface area (Å²) in [7, 11) is 0. The van der Waals surface area contributed by atoms with Crippen molar-refractivity contribution in [1.82, 2.24) is 5.32 Å². The molecule has 0 bridgehead atoms. The fourth-order valence-corrected chi connectivity index (χ4v) is 2.22. The quantitative estimate of drug-likeness (QED) is 0.740. The smallest absolute Gasteiger partial charge is 0.0149 e. The monoisotopic (exact) mass is 201 g/mol. The van der Waals surface area contributed by atoms with Crippen molar-refractivity contribution in [1.29, 1.82) is 0 Å². The van der Waals surface area contributed by atoms with Gasteiger partial charge in [0.15, 0.2) is 0 Å². The first-order valence-corrected chi connectivity index (χ1v) is 5.68. The van der Waals surface area contributed by atoms with E-state index in [9.17, 15) is 0 Å². The Hall–Kier alpha value is -0.0100. The largest absolute Gasteiger partial charge is 0.310 e. The van der Waals surface area contributed by atoms with E-state index in [1.165, 1.54) is 19.3 Å². The van der Waals surface area contributed by atoms with Crippen molar-refractivity contribution in [2.45, 2.75) is 39.2 Å². The van der Waals surface area contributed by atoms with Gasteiger partial charge in [-0.15, -0.1) is 0 Å². The van der Waals surface area contributed by atoms with Crippen molar-refractivity contribution < 1.29 is 0 Å². The minimum atomic E-state index is 0.691. The van der Waals surface area contributed by atoms with Gasteiger partial charge in [0.2, 0.25) is 0 Å². The topological polar surface area (TPSA) is 12.0 Å². The summed E-state index contributed by atoms with van der Waals surface area (Å²) in [5, 5.41) is 3.53. The lowest BCUT2D eigenvalue weighted by Crippen LogP contribution is -2.40. The fraction of sp³-hybridized carbons (Fsp3) is 0.818. The maximum atomic E-state index is 5.46. The van der Waals surface area contributed by atoms with Crippen LogP contribution in [-0.4, -0.2) is 12.6 Å². The molecular weight excluding hydrogens is 182 g/mol. The van der Waals surface area contributed by atoms with Crippen LogP contribution in [0.2, 0.25) is 0 Å². The molecule has 0 aromatic rings. The van der Waals surface area contributed by atoms with Crippen molar-refractivity contribution in [3.63, 3.8) is 0 Å². The van der Waals surface area contributed by atoms with Crippen molar-refractivity contribution in [3.8, 4) is 0 Å². The Labute approximate surface area is 86.5 Å². The van der Waals surface area contributed by atoms with E-state index in [2.05, 4.69) is 19.2 Å². The molecule has 0 aliphatic heterocycles. The molecule has 1 aliphatic carbocycles. The standard InChI is InChI=1S/C11H20ClN/c1-9-5-3-6-11(10(9)2)13-8-4-7-12/h4,7,9-11,13H,3,5-6,8H2,1-2H3/b7-4+. The molecule has 0 aromatic carbocycles. The third-order valence-electron chi connectivity index (χ3n) is 3.29. The molecule has 13 heavy (non-hydrogen) atoms. The molecular formula is C11H20ClN. The average Bonchev–Trinajstić information content (AvgIpc) is 2.13. The van der Waals surface area contributed by atoms with Crippen LogP contribution in [0.25, 0.3) is 0 Å². The zero-order valence-corrected chi connectivity index (χ0v) is 9.35. The van der Waals surface area contributed by atoms with Gasteiger partial charge in [-0.25, -0.2) is 0 Å². The molecule has 1 fully saturated rings. The molecule has 0 aromatic heterocycles. The van der Waals surface area contributed by atoms with Crippen molar-refractivity contribution in [2.24, 2.45) is 11.8 Å². The normalized spacial score (nSPS) is 35.5. The summed E-state index contributed by atoms with van der Waals surface area (Å²) in [6, 6.07) is 0.691. The lowest BCUT2D eigenvalue weighted by molar-refractivity contribution is 0.211. The van der Waals surface area contributed by atoms with Gasteiger partial charge < -0.3 is 5.32 Å². The number of hydrogen-bond donors (Lipinski definition) is 1. The minimum absolute atomic E-state index is 0.691. The molecule has 0 spiro atoms. The van der Waals surface area contributed by atoms with Crippen LogP contribution in [0, 0.1) is 11.8 Å². The summed E-state index contributed by atoms with van der Waals surface area (Å²) in [5.74, 6) is 1.67. The Morgan fingerprint density at radius 2 is 2.15 bits per heavy atom. The van der Waals surface area contributed by atoms with Crippen LogP contribution in [0.5, 0.6) is 0 Å². The molecule has 1 aliphatic rings. The van der Waals surface area contributed by atoms with Gasteiger partial charge in [0.25, 0.3) is 0 Å². The fourth-order valence-electron chi connectivity index (χ4n) is 2.13. The van der Waals surface area contributed by atoms with Crippen LogP contribution in [0.4, 0.5) is 0 Å². The second-order valence-electron chi connectivity index (χ2n) is 4.14. The summed E-state index contributed by atoms with van der Waals surface area (Å²) in [6.07, 6.45) is 6.05. The maximum absolute atomic E-state index is 5.46. The van der Waals surface area contributed by atoms with Gasteiger partial charge in [-0.3, -0.25) is 0 Å². The van der Waals surface area contributed by atoms with Gasteiger partial charge in [-0.05, 0) is 18.3 Å². The molecule has 2 heteroatoms. The highest BCUT2D eigenvalue weighted by Crippen LogP contribution is 2.29. The Balaban J connectivity index is 2.30. The van der Waals surface area contributed by atoms with E-state index >= 15 is 0 Å². The molecule has 0 amide bonds. The summed E-state index contributed by atoms with van der Waals surface area (Å²) in [4.78, 5) is 0. The van der Waals surface area contributed by atoms with Crippen LogP contribution < -0.4 is 5.32 Å². The van der Waals surface area contributed by atoms with Gasteiger partial charge in [-0.1, -0.05) is 44.4 Å². The average molecular weight is 202 g/mol. The molecule has 1 nitrogen and oxygen atoms in total. The minimum Gasteiger partial charge on any atom is -0.310 e. The van der Waals surface area contributed by atoms with Crippen LogP contribution in [0.1, 0.15) is 33.1 Å². The summed E-state index contributed by atoms with van der Waals surface area (Å²) >= 11 is 5.46. The predicted octanol–water partition coefficient (Wildman–Crippen LogP) is 3.15. The summed E-state index contributed by atoms with van der Waals surface area (Å²) < 4.78 is 0. The zero-order chi connectivity index (χ0) is 9.68. The van der Waals surface area contributed by atoms with Gasteiger partial charge in [0.1, 0.15) is 0 Å². The van der Waals surface area contributed by atoms with Crippen molar-refractivity contribution in [2.75, 3.05) is 6.54 Å². The second-order valence-corrected chi connectivity index (χ2v) is 4.40. The van der Waals surface area contributed by atoms with Gasteiger partial charge >= 0.3 is 0 Å². The summed E-state index contributed by atoms with van der Waals surface area (Å²) in [6.45, 7) is 5.62. The maximum Gasteiger partial charge on any atom is 0.0149 e. The van der Waals surface area contributed by atoms with Crippen LogP contribution in [0.15, 0.2) is 11.6 Å². The van der Waals surface area contributed by atoms with Gasteiger partial charge in [0, 0.05) is 18.1 Å². The van der Waals surface area contributed by atoms with Crippen molar-refractivity contribution in [3.05, 3.63) is 11.6 Å². The lowest BCUT2D eigenvalue weighted by atomic mass is 9.78. The van der Waals surface area contributed by atoms with Gasteiger partial charge in [-0.2, -0.15) is 0 Å². The highest BCUT2D eigenvalue weighted by atomic mass is 35.5. The van der Waals surface area contributed by atoms with E-state index in [1.807, 2.05) is 6.08 Å². The van der Waals surface area contributed by atoms with E-state index in [1.54, 1.807) is 5.54 Å².